The van der Waals surface area contributed by atoms with Crippen molar-refractivity contribution in [2.24, 2.45) is 5.92 Å². The van der Waals surface area contributed by atoms with Gasteiger partial charge in [-0.2, -0.15) is 0 Å². The standard InChI is InChI=1S/C24H30N2O4/c1-29-21-14-19-10-13-26(16-20(19)15-22(21)30-2)24(28)18-8-11-25(12-9-18)23(27)17-6-4-3-5-7-17/h3-4,6,14-15,18H,5,7-13,16H2,1-2H3. The number of rotatable bonds is 4. The highest BCUT2D eigenvalue weighted by Gasteiger charge is 2.32. The number of allylic oxidation sites excluding steroid dienone is 3. The zero-order valence-electron chi connectivity index (χ0n) is 17.9. The van der Waals surface area contributed by atoms with Gasteiger partial charge in [-0.1, -0.05) is 18.2 Å². The van der Waals surface area contributed by atoms with Crippen LogP contribution < -0.4 is 9.47 Å². The fraction of sp³-hybridized carbons (Fsp3) is 0.500. The first-order valence-corrected chi connectivity index (χ1v) is 10.8. The maximum absolute atomic E-state index is 13.2. The van der Waals surface area contributed by atoms with Crippen molar-refractivity contribution < 1.29 is 19.1 Å². The monoisotopic (exact) mass is 410 g/mol. The number of carbonyl (C=O) groups excluding carboxylic acids is 2. The van der Waals surface area contributed by atoms with Crippen LogP contribution in [-0.4, -0.2) is 55.5 Å². The van der Waals surface area contributed by atoms with Crippen LogP contribution >= 0.6 is 0 Å². The van der Waals surface area contributed by atoms with E-state index in [0.29, 0.717) is 25.4 Å². The van der Waals surface area contributed by atoms with Crippen molar-refractivity contribution in [3.63, 3.8) is 0 Å². The van der Waals surface area contributed by atoms with Crippen LogP contribution in [0.4, 0.5) is 0 Å². The van der Waals surface area contributed by atoms with Gasteiger partial charge in [-0.05, 0) is 55.4 Å². The van der Waals surface area contributed by atoms with Crippen LogP contribution in [-0.2, 0) is 22.6 Å². The van der Waals surface area contributed by atoms with E-state index in [0.717, 1.165) is 55.5 Å². The molecule has 2 amide bonds. The van der Waals surface area contributed by atoms with Crippen molar-refractivity contribution in [3.8, 4) is 11.5 Å². The van der Waals surface area contributed by atoms with E-state index in [1.807, 2.05) is 34.1 Å². The van der Waals surface area contributed by atoms with Gasteiger partial charge in [0.1, 0.15) is 0 Å². The maximum atomic E-state index is 13.2. The molecule has 0 saturated carbocycles. The molecule has 0 N–H and O–H groups in total. The second-order valence-electron chi connectivity index (χ2n) is 8.21. The summed E-state index contributed by atoms with van der Waals surface area (Å²) in [5, 5.41) is 0. The Kier molecular flexibility index (Phi) is 6.11. The Morgan fingerprint density at radius 3 is 2.27 bits per heavy atom. The van der Waals surface area contributed by atoms with E-state index >= 15 is 0 Å². The minimum Gasteiger partial charge on any atom is -0.493 e. The quantitative estimate of drug-likeness (QED) is 0.765. The molecule has 1 aliphatic carbocycles. The molecule has 3 aliphatic rings. The predicted octanol–water partition coefficient (Wildman–Crippen LogP) is 3.10. The van der Waals surface area contributed by atoms with Crippen molar-refractivity contribution >= 4 is 11.8 Å². The van der Waals surface area contributed by atoms with Gasteiger partial charge in [-0.25, -0.2) is 0 Å². The van der Waals surface area contributed by atoms with Crippen molar-refractivity contribution in [2.75, 3.05) is 33.9 Å². The highest BCUT2D eigenvalue weighted by atomic mass is 16.5. The zero-order valence-corrected chi connectivity index (χ0v) is 17.9. The number of piperidine rings is 1. The Labute approximate surface area is 178 Å². The third-order valence-electron chi connectivity index (χ3n) is 6.45. The molecule has 1 fully saturated rings. The van der Waals surface area contributed by atoms with Gasteiger partial charge in [0.15, 0.2) is 11.5 Å². The number of ether oxygens (including phenoxy) is 2. The highest BCUT2D eigenvalue weighted by molar-refractivity contribution is 5.94. The molecule has 160 valence electrons. The summed E-state index contributed by atoms with van der Waals surface area (Å²) in [7, 11) is 3.27. The molecular weight excluding hydrogens is 380 g/mol. The van der Waals surface area contributed by atoms with Crippen LogP contribution in [0.1, 0.15) is 36.8 Å². The number of hydrogen-bond donors (Lipinski definition) is 0. The van der Waals surface area contributed by atoms with Crippen LogP contribution in [0.3, 0.4) is 0 Å². The number of benzene rings is 1. The maximum Gasteiger partial charge on any atom is 0.249 e. The Bertz CT molecular complexity index is 881. The summed E-state index contributed by atoms with van der Waals surface area (Å²) in [5.74, 6) is 1.78. The van der Waals surface area contributed by atoms with Gasteiger partial charge in [0.05, 0.1) is 14.2 Å². The van der Waals surface area contributed by atoms with Gasteiger partial charge >= 0.3 is 0 Å². The Balaban J connectivity index is 1.36. The molecular formula is C24H30N2O4. The molecule has 1 aromatic rings. The lowest BCUT2D eigenvalue weighted by molar-refractivity contribution is -0.140. The lowest BCUT2D eigenvalue weighted by Crippen LogP contribution is -2.46. The molecule has 0 spiro atoms. The van der Waals surface area contributed by atoms with Gasteiger partial charge in [-0.15, -0.1) is 0 Å². The molecule has 0 bridgehead atoms. The number of amides is 2. The lowest BCUT2D eigenvalue weighted by Gasteiger charge is -2.36. The molecule has 6 nitrogen and oxygen atoms in total. The topological polar surface area (TPSA) is 59.1 Å². The van der Waals surface area contributed by atoms with Crippen molar-refractivity contribution in [1.82, 2.24) is 9.80 Å². The van der Waals surface area contributed by atoms with E-state index in [2.05, 4.69) is 6.08 Å². The molecule has 1 aromatic carbocycles. The number of carbonyl (C=O) groups is 2. The van der Waals surface area contributed by atoms with Gasteiger partial charge in [0.25, 0.3) is 0 Å². The lowest BCUT2D eigenvalue weighted by atomic mass is 9.92. The van der Waals surface area contributed by atoms with Gasteiger partial charge < -0.3 is 19.3 Å². The predicted molar refractivity (Wildman–Crippen MR) is 114 cm³/mol. The van der Waals surface area contributed by atoms with Gasteiger partial charge in [0.2, 0.25) is 11.8 Å². The second-order valence-corrected chi connectivity index (χ2v) is 8.21. The molecule has 0 atom stereocenters. The SMILES string of the molecule is COc1cc2c(cc1OC)CN(C(=O)C1CCN(C(=O)C3=CC=CCC3)CC1)CC2. The molecule has 2 heterocycles. The van der Waals surface area contributed by atoms with E-state index in [1.165, 1.54) is 5.56 Å². The Morgan fingerprint density at radius 1 is 0.933 bits per heavy atom. The minimum atomic E-state index is -0.00373. The van der Waals surface area contributed by atoms with E-state index in [4.69, 9.17) is 9.47 Å². The first kappa shape index (κ1) is 20.5. The average Bonchev–Trinajstić information content (AvgIpc) is 2.82. The normalized spacial score (nSPS) is 19.2. The Hall–Kier alpha value is -2.76. The highest BCUT2D eigenvalue weighted by Crippen LogP contribution is 2.34. The van der Waals surface area contributed by atoms with E-state index in [-0.39, 0.29) is 17.7 Å². The molecule has 0 unspecified atom stereocenters. The summed E-state index contributed by atoms with van der Waals surface area (Å²) in [6.07, 6.45) is 10.0. The fourth-order valence-corrected chi connectivity index (χ4v) is 4.64. The summed E-state index contributed by atoms with van der Waals surface area (Å²) in [5.41, 5.74) is 3.23. The summed E-state index contributed by atoms with van der Waals surface area (Å²) in [6, 6.07) is 4.01. The molecule has 1 saturated heterocycles. The number of methoxy groups -OCH3 is 2. The second kappa shape index (κ2) is 8.94. The summed E-state index contributed by atoms with van der Waals surface area (Å²) in [4.78, 5) is 29.7. The van der Waals surface area contributed by atoms with Crippen molar-refractivity contribution in [3.05, 3.63) is 47.1 Å². The first-order chi connectivity index (χ1) is 14.6. The molecule has 0 radical (unpaired) electrons. The number of hydrogen-bond acceptors (Lipinski definition) is 4. The summed E-state index contributed by atoms with van der Waals surface area (Å²) in [6.45, 7) is 2.64. The number of likely N-dealkylation sites (tertiary alicyclic amines) is 1. The Morgan fingerprint density at radius 2 is 1.63 bits per heavy atom. The molecule has 4 rings (SSSR count). The van der Waals surface area contributed by atoms with E-state index < -0.39 is 0 Å². The van der Waals surface area contributed by atoms with Crippen molar-refractivity contribution in [1.29, 1.82) is 0 Å². The summed E-state index contributed by atoms with van der Waals surface area (Å²) < 4.78 is 10.8. The summed E-state index contributed by atoms with van der Waals surface area (Å²) >= 11 is 0. The van der Waals surface area contributed by atoms with Crippen LogP contribution in [0.2, 0.25) is 0 Å². The van der Waals surface area contributed by atoms with Gasteiger partial charge in [0, 0.05) is 37.7 Å². The fourth-order valence-electron chi connectivity index (χ4n) is 4.64. The molecule has 30 heavy (non-hydrogen) atoms. The van der Waals surface area contributed by atoms with E-state index in [1.54, 1.807) is 14.2 Å². The minimum absolute atomic E-state index is 0.00373. The van der Waals surface area contributed by atoms with Crippen LogP contribution in [0.15, 0.2) is 35.9 Å². The smallest absolute Gasteiger partial charge is 0.249 e. The third kappa shape index (κ3) is 4.09. The largest absolute Gasteiger partial charge is 0.493 e. The first-order valence-electron chi connectivity index (χ1n) is 10.8. The number of nitrogens with zero attached hydrogens (tertiary/aromatic N) is 2. The molecule has 0 aromatic heterocycles. The third-order valence-corrected chi connectivity index (χ3v) is 6.45. The zero-order chi connectivity index (χ0) is 21.1. The average molecular weight is 411 g/mol. The van der Waals surface area contributed by atoms with E-state index in [9.17, 15) is 9.59 Å². The number of fused-ring (bicyclic) bond motifs is 1. The van der Waals surface area contributed by atoms with Crippen LogP contribution in [0, 0.1) is 5.92 Å². The molecule has 2 aliphatic heterocycles. The van der Waals surface area contributed by atoms with Gasteiger partial charge in [-0.3, -0.25) is 9.59 Å². The van der Waals surface area contributed by atoms with Crippen LogP contribution in [0.5, 0.6) is 11.5 Å². The van der Waals surface area contributed by atoms with Crippen LogP contribution in [0.25, 0.3) is 0 Å². The van der Waals surface area contributed by atoms with Crippen molar-refractivity contribution in [2.45, 2.75) is 38.6 Å². The molecule has 6 heteroatoms.